The van der Waals surface area contributed by atoms with Crippen molar-refractivity contribution >= 4 is 29.8 Å². The molecule has 0 fully saturated rings. The number of ether oxygens (including phenoxy) is 2. The van der Waals surface area contributed by atoms with Gasteiger partial charge in [0.25, 0.3) is 5.91 Å². The van der Waals surface area contributed by atoms with Gasteiger partial charge in [-0.05, 0) is 13.8 Å². The Balaban J connectivity index is 4.65. The topological polar surface area (TPSA) is 81.7 Å². The predicted octanol–water partition coefficient (Wildman–Crippen LogP) is 0.513. The van der Waals surface area contributed by atoms with Gasteiger partial charge in [0, 0.05) is 5.75 Å². The Hall–Kier alpha value is -1.24. The summed E-state index contributed by atoms with van der Waals surface area (Å²) in [5, 5.41) is 0. The molecule has 0 aliphatic carbocycles. The van der Waals surface area contributed by atoms with E-state index >= 15 is 0 Å². The van der Waals surface area contributed by atoms with Crippen LogP contribution in [0.5, 0.6) is 0 Å². The van der Waals surface area contributed by atoms with E-state index in [0.29, 0.717) is 5.75 Å². The molecule has 0 bridgehead atoms. The zero-order valence-electron chi connectivity index (χ0n) is 10.1. The smallest absolute Gasteiger partial charge is 0.330 e. The first-order chi connectivity index (χ1) is 8.08. The SMILES string of the molecule is CCOC(=O)C(C(=O)NSCC)C(=O)OCC. The average molecular weight is 263 g/mol. The molecule has 0 atom stereocenters. The summed E-state index contributed by atoms with van der Waals surface area (Å²) in [7, 11) is 0. The molecular formula is C10H17NO5S. The molecule has 6 nitrogen and oxygen atoms in total. The summed E-state index contributed by atoms with van der Waals surface area (Å²) < 4.78 is 11.7. The van der Waals surface area contributed by atoms with Crippen LogP contribution in [0.2, 0.25) is 0 Å². The van der Waals surface area contributed by atoms with E-state index in [1.54, 1.807) is 13.8 Å². The van der Waals surface area contributed by atoms with E-state index in [0.717, 1.165) is 11.9 Å². The maximum Gasteiger partial charge on any atom is 0.330 e. The van der Waals surface area contributed by atoms with Crippen LogP contribution in [0, 0.1) is 5.92 Å². The first-order valence-corrected chi connectivity index (χ1v) is 6.31. The standard InChI is InChI=1S/C10H17NO5S/c1-4-15-9(13)7(10(14)16-5-2)8(12)11-17-6-3/h7H,4-6H2,1-3H3,(H,11,12). The molecule has 0 heterocycles. The van der Waals surface area contributed by atoms with Crippen LogP contribution < -0.4 is 4.72 Å². The lowest BCUT2D eigenvalue weighted by Crippen LogP contribution is -2.40. The molecule has 7 heteroatoms. The van der Waals surface area contributed by atoms with Crippen LogP contribution in [0.3, 0.4) is 0 Å². The van der Waals surface area contributed by atoms with Crippen molar-refractivity contribution in [3.05, 3.63) is 0 Å². The third-order valence-electron chi connectivity index (χ3n) is 1.62. The fourth-order valence-corrected chi connectivity index (χ4v) is 1.37. The van der Waals surface area contributed by atoms with Gasteiger partial charge in [-0.3, -0.25) is 19.1 Å². The van der Waals surface area contributed by atoms with Crippen molar-refractivity contribution < 1.29 is 23.9 Å². The maximum atomic E-state index is 11.6. The second kappa shape index (κ2) is 8.86. The molecule has 0 aromatic heterocycles. The molecule has 0 unspecified atom stereocenters. The molecule has 0 radical (unpaired) electrons. The summed E-state index contributed by atoms with van der Waals surface area (Å²) in [6.45, 7) is 5.22. The van der Waals surface area contributed by atoms with Crippen molar-refractivity contribution in [2.75, 3.05) is 19.0 Å². The van der Waals surface area contributed by atoms with Gasteiger partial charge in [0.05, 0.1) is 13.2 Å². The summed E-state index contributed by atoms with van der Waals surface area (Å²) in [5.74, 6) is -3.41. The lowest BCUT2D eigenvalue weighted by molar-refractivity contribution is -0.164. The molecule has 0 aliphatic rings. The van der Waals surface area contributed by atoms with Crippen LogP contribution in [0.4, 0.5) is 0 Å². The minimum atomic E-state index is -1.55. The van der Waals surface area contributed by atoms with Gasteiger partial charge in [0.2, 0.25) is 5.92 Å². The number of esters is 2. The van der Waals surface area contributed by atoms with Crippen molar-refractivity contribution in [1.82, 2.24) is 4.72 Å². The summed E-state index contributed by atoms with van der Waals surface area (Å²) in [4.78, 5) is 34.5. The minimum Gasteiger partial charge on any atom is -0.465 e. The second-order valence-corrected chi connectivity index (χ2v) is 3.91. The number of carbonyl (C=O) groups excluding carboxylic acids is 3. The van der Waals surface area contributed by atoms with E-state index in [1.807, 2.05) is 6.92 Å². The van der Waals surface area contributed by atoms with Gasteiger partial charge in [-0.15, -0.1) is 0 Å². The molecule has 0 aromatic carbocycles. The van der Waals surface area contributed by atoms with Crippen LogP contribution in [0.1, 0.15) is 20.8 Å². The van der Waals surface area contributed by atoms with Crippen LogP contribution >= 0.6 is 11.9 Å². The molecule has 0 aliphatic heterocycles. The van der Waals surface area contributed by atoms with Crippen molar-refractivity contribution in [3.8, 4) is 0 Å². The maximum absolute atomic E-state index is 11.6. The number of nitrogens with one attached hydrogen (secondary N) is 1. The Morgan fingerprint density at radius 1 is 1.06 bits per heavy atom. The quantitative estimate of drug-likeness (QED) is 0.409. The summed E-state index contributed by atoms with van der Waals surface area (Å²) in [6, 6.07) is 0. The molecule has 1 N–H and O–H groups in total. The van der Waals surface area contributed by atoms with Gasteiger partial charge in [-0.1, -0.05) is 18.9 Å². The minimum absolute atomic E-state index is 0.100. The molecule has 0 spiro atoms. The van der Waals surface area contributed by atoms with Crippen LogP contribution in [-0.4, -0.2) is 36.8 Å². The highest BCUT2D eigenvalue weighted by molar-refractivity contribution is 7.97. The van der Waals surface area contributed by atoms with Crippen molar-refractivity contribution in [2.45, 2.75) is 20.8 Å². The third kappa shape index (κ3) is 5.58. The molecule has 1 amide bonds. The molecule has 0 saturated carbocycles. The molecule has 0 saturated heterocycles. The Bertz CT molecular complexity index is 264. The molecular weight excluding hydrogens is 246 g/mol. The zero-order chi connectivity index (χ0) is 13.3. The van der Waals surface area contributed by atoms with E-state index in [2.05, 4.69) is 14.2 Å². The lowest BCUT2D eigenvalue weighted by atomic mass is 10.1. The largest absolute Gasteiger partial charge is 0.465 e. The third-order valence-corrected chi connectivity index (χ3v) is 2.26. The number of rotatable bonds is 7. The van der Waals surface area contributed by atoms with Crippen molar-refractivity contribution in [1.29, 1.82) is 0 Å². The van der Waals surface area contributed by atoms with Crippen LogP contribution in [0.15, 0.2) is 0 Å². The first kappa shape index (κ1) is 15.8. The highest BCUT2D eigenvalue weighted by atomic mass is 32.2. The highest BCUT2D eigenvalue weighted by Gasteiger charge is 2.36. The Morgan fingerprint density at radius 2 is 1.53 bits per heavy atom. The van der Waals surface area contributed by atoms with E-state index < -0.39 is 23.8 Å². The summed E-state index contributed by atoms with van der Waals surface area (Å²) >= 11 is 1.10. The number of amides is 1. The molecule has 0 aromatic rings. The number of hydrogen-bond acceptors (Lipinski definition) is 6. The lowest BCUT2D eigenvalue weighted by Gasteiger charge is -2.13. The summed E-state index contributed by atoms with van der Waals surface area (Å²) in [6.07, 6.45) is 0. The monoisotopic (exact) mass is 263 g/mol. The molecule has 0 rings (SSSR count). The Morgan fingerprint density at radius 3 is 1.88 bits per heavy atom. The normalized spacial score (nSPS) is 9.88. The first-order valence-electron chi connectivity index (χ1n) is 5.33. The molecule has 17 heavy (non-hydrogen) atoms. The predicted molar refractivity (Wildman–Crippen MR) is 63.0 cm³/mol. The van der Waals surface area contributed by atoms with Crippen LogP contribution in [0.25, 0.3) is 0 Å². The van der Waals surface area contributed by atoms with Crippen molar-refractivity contribution in [3.63, 3.8) is 0 Å². The van der Waals surface area contributed by atoms with E-state index in [4.69, 9.17) is 0 Å². The van der Waals surface area contributed by atoms with Gasteiger partial charge in [0.15, 0.2) is 0 Å². The van der Waals surface area contributed by atoms with Gasteiger partial charge < -0.3 is 9.47 Å². The van der Waals surface area contributed by atoms with Gasteiger partial charge in [-0.25, -0.2) is 0 Å². The highest BCUT2D eigenvalue weighted by Crippen LogP contribution is 2.06. The van der Waals surface area contributed by atoms with Crippen molar-refractivity contribution in [2.24, 2.45) is 5.92 Å². The van der Waals surface area contributed by atoms with Gasteiger partial charge >= 0.3 is 11.9 Å². The van der Waals surface area contributed by atoms with Crippen LogP contribution in [-0.2, 0) is 23.9 Å². The fourth-order valence-electron chi connectivity index (χ4n) is 0.964. The van der Waals surface area contributed by atoms with Gasteiger partial charge in [0.1, 0.15) is 0 Å². The van der Waals surface area contributed by atoms with E-state index in [1.165, 1.54) is 0 Å². The summed E-state index contributed by atoms with van der Waals surface area (Å²) in [5.41, 5.74) is 0. The molecule has 98 valence electrons. The Labute approximate surface area is 105 Å². The number of carbonyl (C=O) groups is 3. The van der Waals surface area contributed by atoms with E-state index in [-0.39, 0.29) is 13.2 Å². The van der Waals surface area contributed by atoms with Gasteiger partial charge in [-0.2, -0.15) is 0 Å². The zero-order valence-corrected chi connectivity index (χ0v) is 11.0. The number of hydrogen-bond donors (Lipinski definition) is 1. The Kier molecular flexibility index (Phi) is 8.21. The van der Waals surface area contributed by atoms with E-state index in [9.17, 15) is 14.4 Å². The average Bonchev–Trinajstić information content (AvgIpc) is 2.27. The fraction of sp³-hybridized carbons (Fsp3) is 0.700. The second-order valence-electron chi connectivity index (χ2n) is 2.84.